The van der Waals surface area contributed by atoms with Crippen LogP contribution in [0, 0.1) is 5.82 Å². The lowest BCUT2D eigenvalue weighted by atomic mass is 10.0. The van der Waals surface area contributed by atoms with E-state index in [1.165, 1.54) is 12.1 Å². The average molecular weight is 197 g/mol. The summed E-state index contributed by atoms with van der Waals surface area (Å²) in [5, 5.41) is 10.1. The summed E-state index contributed by atoms with van der Waals surface area (Å²) in [4.78, 5) is 0. The minimum Gasteiger partial charge on any atom is -0.314 e. The molecule has 0 spiro atoms. The number of halogens is 1. The van der Waals surface area contributed by atoms with Gasteiger partial charge in [0.25, 0.3) is 0 Å². The summed E-state index contributed by atoms with van der Waals surface area (Å²) in [6, 6.07) is 4.89. The quantitative estimate of drug-likeness (QED) is 0.753. The first-order valence-electron chi connectivity index (χ1n) is 4.68. The maximum Gasteiger partial charge on any atom is 0.123 e. The molecular formula is C11H16FNO. The molecule has 0 saturated carbocycles. The van der Waals surface area contributed by atoms with E-state index in [-0.39, 0.29) is 5.82 Å². The van der Waals surface area contributed by atoms with Crippen LogP contribution in [0.2, 0.25) is 0 Å². The Kier molecular flexibility index (Phi) is 3.61. The molecule has 1 rings (SSSR count). The Bertz CT molecular complexity index is 310. The van der Waals surface area contributed by atoms with E-state index in [2.05, 4.69) is 0 Å². The highest BCUT2D eigenvalue weighted by Gasteiger charge is 2.05. The minimum atomic E-state index is -0.243. The second-order valence-corrected chi connectivity index (χ2v) is 3.86. The molecular weight excluding hydrogens is 181 g/mol. The van der Waals surface area contributed by atoms with Crippen molar-refractivity contribution in [1.29, 1.82) is 0 Å². The second kappa shape index (κ2) is 4.53. The molecule has 78 valence electrons. The van der Waals surface area contributed by atoms with Crippen molar-refractivity contribution in [3.05, 3.63) is 35.1 Å². The largest absolute Gasteiger partial charge is 0.314 e. The lowest BCUT2D eigenvalue weighted by Crippen LogP contribution is -2.12. The molecule has 0 aromatic heterocycles. The fourth-order valence-electron chi connectivity index (χ4n) is 1.36. The van der Waals surface area contributed by atoms with Crippen LogP contribution >= 0.6 is 0 Å². The van der Waals surface area contributed by atoms with Gasteiger partial charge in [-0.1, -0.05) is 19.9 Å². The van der Waals surface area contributed by atoms with Crippen molar-refractivity contribution in [3.63, 3.8) is 0 Å². The van der Waals surface area contributed by atoms with Gasteiger partial charge in [-0.3, -0.25) is 0 Å². The Labute approximate surface area is 83.9 Å². The third kappa shape index (κ3) is 3.09. The lowest BCUT2D eigenvalue weighted by molar-refractivity contribution is -0.0732. The smallest absolute Gasteiger partial charge is 0.123 e. The van der Waals surface area contributed by atoms with Gasteiger partial charge in [0, 0.05) is 13.6 Å². The molecule has 0 atom stereocenters. The highest BCUT2D eigenvalue weighted by molar-refractivity contribution is 5.26. The molecule has 0 bridgehead atoms. The first kappa shape index (κ1) is 11.1. The topological polar surface area (TPSA) is 23.5 Å². The first-order valence-corrected chi connectivity index (χ1v) is 4.68. The number of hydrogen-bond acceptors (Lipinski definition) is 2. The molecule has 14 heavy (non-hydrogen) atoms. The van der Waals surface area contributed by atoms with Gasteiger partial charge < -0.3 is 5.21 Å². The van der Waals surface area contributed by atoms with E-state index in [0.717, 1.165) is 16.2 Å². The van der Waals surface area contributed by atoms with E-state index in [9.17, 15) is 4.39 Å². The molecule has 0 radical (unpaired) electrons. The minimum absolute atomic E-state index is 0.243. The summed E-state index contributed by atoms with van der Waals surface area (Å²) in [5.41, 5.74) is 1.75. The summed E-state index contributed by atoms with van der Waals surface area (Å²) in [6.45, 7) is 4.37. The molecule has 0 amide bonds. The predicted molar refractivity (Wildman–Crippen MR) is 53.7 cm³/mol. The van der Waals surface area contributed by atoms with Crippen LogP contribution in [-0.4, -0.2) is 17.3 Å². The normalized spacial score (nSPS) is 11.4. The van der Waals surface area contributed by atoms with Crippen LogP contribution in [0.4, 0.5) is 4.39 Å². The zero-order chi connectivity index (χ0) is 10.7. The molecule has 0 unspecified atom stereocenters. The Morgan fingerprint density at radius 1 is 1.36 bits per heavy atom. The van der Waals surface area contributed by atoms with Gasteiger partial charge in [0.2, 0.25) is 0 Å². The first-order chi connectivity index (χ1) is 6.49. The SMILES string of the molecule is CC(C)c1cc(F)cc(CN(C)O)c1. The molecule has 3 heteroatoms. The van der Waals surface area contributed by atoms with Gasteiger partial charge in [-0.2, -0.15) is 5.06 Å². The maximum atomic E-state index is 13.1. The van der Waals surface area contributed by atoms with Crippen molar-refractivity contribution in [2.24, 2.45) is 0 Å². The lowest BCUT2D eigenvalue weighted by Gasteiger charge is -2.11. The summed E-state index contributed by atoms with van der Waals surface area (Å²) in [7, 11) is 1.54. The van der Waals surface area contributed by atoms with Crippen molar-refractivity contribution in [2.75, 3.05) is 7.05 Å². The number of rotatable bonds is 3. The molecule has 0 aliphatic rings. The number of nitrogens with zero attached hydrogens (tertiary/aromatic N) is 1. The zero-order valence-corrected chi connectivity index (χ0v) is 8.79. The molecule has 0 heterocycles. The molecule has 1 aromatic carbocycles. The van der Waals surface area contributed by atoms with E-state index < -0.39 is 0 Å². The molecule has 0 aliphatic carbocycles. The third-order valence-corrected chi connectivity index (χ3v) is 2.06. The van der Waals surface area contributed by atoms with Crippen LogP contribution in [0.1, 0.15) is 30.9 Å². The van der Waals surface area contributed by atoms with Gasteiger partial charge in [0.1, 0.15) is 5.82 Å². The molecule has 1 N–H and O–H groups in total. The maximum absolute atomic E-state index is 13.1. The van der Waals surface area contributed by atoms with Crippen LogP contribution < -0.4 is 0 Å². The Balaban J connectivity index is 2.95. The third-order valence-electron chi connectivity index (χ3n) is 2.06. The monoisotopic (exact) mass is 197 g/mol. The second-order valence-electron chi connectivity index (χ2n) is 3.86. The van der Waals surface area contributed by atoms with E-state index >= 15 is 0 Å². The highest BCUT2D eigenvalue weighted by Crippen LogP contribution is 2.18. The molecule has 0 fully saturated rings. The van der Waals surface area contributed by atoms with Crippen molar-refractivity contribution in [2.45, 2.75) is 26.3 Å². The van der Waals surface area contributed by atoms with Crippen molar-refractivity contribution >= 4 is 0 Å². The molecule has 0 saturated heterocycles. The average Bonchev–Trinajstić information content (AvgIpc) is 2.01. The van der Waals surface area contributed by atoms with Crippen LogP contribution in [0.3, 0.4) is 0 Å². The van der Waals surface area contributed by atoms with Gasteiger partial charge in [-0.05, 0) is 29.2 Å². The molecule has 2 nitrogen and oxygen atoms in total. The van der Waals surface area contributed by atoms with Crippen LogP contribution in [0.5, 0.6) is 0 Å². The van der Waals surface area contributed by atoms with Gasteiger partial charge in [-0.25, -0.2) is 4.39 Å². The summed E-state index contributed by atoms with van der Waals surface area (Å²) >= 11 is 0. The fraction of sp³-hybridized carbons (Fsp3) is 0.455. The Morgan fingerprint density at radius 2 is 2.00 bits per heavy atom. The van der Waals surface area contributed by atoms with Crippen molar-refractivity contribution in [1.82, 2.24) is 5.06 Å². The summed E-state index contributed by atoms with van der Waals surface area (Å²) < 4.78 is 13.1. The zero-order valence-electron chi connectivity index (χ0n) is 8.79. The van der Waals surface area contributed by atoms with Gasteiger partial charge in [0.15, 0.2) is 0 Å². The highest BCUT2D eigenvalue weighted by atomic mass is 19.1. The van der Waals surface area contributed by atoms with E-state index in [0.29, 0.717) is 12.5 Å². The fourth-order valence-corrected chi connectivity index (χ4v) is 1.36. The number of benzene rings is 1. The van der Waals surface area contributed by atoms with Crippen molar-refractivity contribution in [3.8, 4) is 0 Å². The Hall–Kier alpha value is -0.930. The van der Waals surface area contributed by atoms with Gasteiger partial charge in [-0.15, -0.1) is 0 Å². The van der Waals surface area contributed by atoms with E-state index in [1.54, 1.807) is 7.05 Å². The predicted octanol–water partition coefficient (Wildman–Crippen LogP) is 2.77. The van der Waals surface area contributed by atoms with Crippen LogP contribution in [0.15, 0.2) is 18.2 Å². The molecule has 1 aromatic rings. The number of hydroxylamine groups is 2. The standard InChI is InChI=1S/C11H16FNO/c1-8(2)10-4-9(7-13(3)14)5-11(12)6-10/h4-6,8,14H,7H2,1-3H3. The van der Waals surface area contributed by atoms with Crippen molar-refractivity contribution < 1.29 is 9.60 Å². The summed E-state index contributed by atoms with van der Waals surface area (Å²) in [6.07, 6.45) is 0. The van der Waals surface area contributed by atoms with Gasteiger partial charge >= 0.3 is 0 Å². The van der Waals surface area contributed by atoms with E-state index in [1.807, 2.05) is 19.9 Å². The molecule has 0 aliphatic heterocycles. The van der Waals surface area contributed by atoms with Gasteiger partial charge in [0.05, 0.1) is 0 Å². The van der Waals surface area contributed by atoms with E-state index in [4.69, 9.17) is 5.21 Å². The summed E-state index contributed by atoms with van der Waals surface area (Å²) in [5.74, 6) is 0.0569. The Morgan fingerprint density at radius 3 is 2.50 bits per heavy atom. The number of hydrogen-bond donors (Lipinski definition) is 1. The van der Waals surface area contributed by atoms with Crippen LogP contribution in [-0.2, 0) is 6.54 Å². The van der Waals surface area contributed by atoms with Crippen LogP contribution in [0.25, 0.3) is 0 Å².